The van der Waals surface area contributed by atoms with E-state index < -0.39 is 0 Å². The molecule has 1 aromatic heterocycles. The molecule has 0 aliphatic rings. The molecular formula is C15H11ClN2O. The van der Waals surface area contributed by atoms with Gasteiger partial charge in [-0.15, -0.1) is 10.2 Å². The first kappa shape index (κ1) is 11.9. The molecule has 19 heavy (non-hydrogen) atoms. The van der Waals surface area contributed by atoms with Gasteiger partial charge in [0.05, 0.1) is 0 Å². The Morgan fingerprint density at radius 1 is 0.947 bits per heavy atom. The summed E-state index contributed by atoms with van der Waals surface area (Å²) in [7, 11) is 0. The smallest absolute Gasteiger partial charge is 0.246 e. The lowest BCUT2D eigenvalue weighted by atomic mass is 10.2. The van der Waals surface area contributed by atoms with Gasteiger partial charge in [0.2, 0.25) is 5.88 Å². The Kier molecular flexibility index (Phi) is 3.05. The Balaban J connectivity index is 2.09. The Hall–Kier alpha value is -2.13. The number of ether oxygens (including phenoxy) is 1. The van der Waals surface area contributed by atoms with Crippen molar-refractivity contribution in [2.45, 2.75) is 6.92 Å². The molecule has 0 bridgehead atoms. The number of hydrogen-bond acceptors (Lipinski definition) is 3. The molecule has 0 N–H and O–H groups in total. The number of fused-ring (bicyclic) bond motifs is 1. The quantitative estimate of drug-likeness (QED) is 0.693. The molecule has 1 heterocycles. The average Bonchev–Trinajstić information content (AvgIpc) is 2.42. The van der Waals surface area contributed by atoms with E-state index in [1.807, 2.05) is 55.5 Å². The summed E-state index contributed by atoms with van der Waals surface area (Å²) in [5.41, 5.74) is 1.13. The molecule has 0 saturated carbocycles. The molecular weight excluding hydrogens is 260 g/mol. The predicted octanol–water partition coefficient (Wildman–Crippen LogP) is 4.38. The highest BCUT2D eigenvalue weighted by Crippen LogP contribution is 2.30. The molecule has 0 amide bonds. The summed E-state index contributed by atoms with van der Waals surface area (Å²) in [6.45, 7) is 2.01. The van der Waals surface area contributed by atoms with Gasteiger partial charge in [-0.2, -0.15) is 0 Å². The third kappa shape index (κ3) is 2.37. The van der Waals surface area contributed by atoms with Crippen molar-refractivity contribution in [3.8, 4) is 11.6 Å². The summed E-state index contributed by atoms with van der Waals surface area (Å²) in [4.78, 5) is 0. The topological polar surface area (TPSA) is 35.0 Å². The van der Waals surface area contributed by atoms with Gasteiger partial charge in [-0.25, -0.2) is 0 Å². The zero-order valence-electron chi connectivity index (χ0n) is 10.3. The number of aryl methyl sites for hydroxylation is 1. The monoisotopic (exact) mass is 270 g/mol. The maximum Gasteiger partial charge on any atom is 0.246 e. The summed E-state index contributed by atoms with van der Waals surface area (Å²) < 4.78 is 5.80. The summed E-state index contributed by atoms with van der Waals surface area (Å²) in [6, 6.07) is 15.4. The van der Waals surface area contributed by atoms with E-state index in [0.29, 0.717) is 11.0 Å². The van der Waals surface area contributed by atoms with Crippen molar-refractivity contribution < 1.29 is 4.74 Å². The normalized spacial score (nSPS) is 10.6. The van der Waals surface area contributed by atoms with E-state index in [4.69, 9.17) is 16.3 Å². The van der Waals surface area contributed by atoms with Gasteiger partial charge in [0.25, 0.3) is 0 Å². The van der Waals surface area contributed by atoms with Gasteiger partial charge in [0.15, 0.2) is 5.15 Å². The van der Waals surface area contributed by atoms with Crippen molar-refractivity contribution >= 4 is 22.4 Å². The summed E-state index contributed by atoms with van der Waals surface area (Å²) >= 11 is 6.03. The predicted molar refractivity (Wildman–Crippen MR) is 75.8 cm³/mol. The Labute approximate surface area is 115 Å². The summed E-state index contributed by atoms with van der Waals surface area (Å²) in [5.74, 6) is 1.20. The first-order valence-corrected chi connectivity index (χ1v) is 6.27. The molecule has 0 spiro atoms. The second kappa shape index (κ2) is 4.86. The van der Waals surface area contributed by atoms with Crippen LogP contribution in [-0.4, -0.2) is 10.2 Å². The maximum absolute atomic E-state index is 6.03. The minimum atomic E-state index is 0.382. The van der Waals surface area contributed by atoms with Crippen LogP contribution in [0.25, 0.3) is 10.8 Å². The van der Waals surface area contributed by atoms with Crippen LogP contribution in [0.1, 0.15) is 5.56 Å². The third-order valence-corrected chi connectivity index (χ3v) is 3.09. The van der Waals surface area contributed by atoms with Crippen molar-refractivity contribution in [2.75, 3.05) is 0 Å². The second-order valence-corrected chi connectivity index (χ2v) is 4.62. The molecule has 3 rings (SSSR count). The van der Waals surface area contributed by atoms with Crippen LogP contribution in [0, 0.1) is 6.92 Å². The largest absolute Gasteiger partial charge is 0.437 e. The fourth-order valence-corrected chi connectivity index (χ4v) is 2.11. The average molecular weight is 271 g/mol. The lowest BCUT2D eigenvalue weighted by Crippen LogP contribution is -1.93. The van der Waals surface area contributed by atoms with E-state index in [9.17, 15) is 0 Å². The molecule has 3 aromatic rings. The van der Waals surface area contributed by atoms with Crippen LogP contribution in [0.5, 0.6) is 11.6 Å². The molecule has 0 unspecified atom stereocenters. The molecule has 0 radical (unpaired) electrons. The highest BCUT2D eigenvalue weighted by molar-refractivity contribution is 6.34. The van der Waals surface area contributed by atoms with Gasteiger partial charge in [-0.3, -0.25) is 0 Å². The standard InChI is InChI=1S/C15H11ClN2O/c1-10-5-4-6-11(9-10)19-15-13-8-3-2-7-12(13)14(16)17-18-15/h2-9H,1H3. The number of nitrogens with zero attached hydrogens (tertiary/aromatic N) is 2. The molecule has 3 nitrogen and oxygen atoms in total. The van der Waals surface area contributed by atoms with Crippen molar-refractivity contribution in [1.29, 1.82) is 0 Å². The van der Waals surface area contributed by atoms with Crippen LogP contribution in [0.2, 0.25) is 5.15 Å². The van der Waals surface area contributed by atoms with Crippen molar-refractivity contribution in [1.82, 2.24) is 10.2 Å². The van der Waals surface area contributed by atoms with Crippen LogP contribution in [0.3, 0.4) is 0 Å². The van der Waals surface area contributed by atoms with E-state index in [0.717, 1.165) is 22.1 Å². The van der Waals surface area contributed by atoms with Gasteiger partial charge in [-0.1, -0.05) is 41.9 Å². The van der Waals surface area contributed by atoms with E-state index in [1.165, 1.54) is 0 Å². The van der Waals surface area contributed by atoms with E-state index >= 15 is 0 Å². The Morgan fingerprint density at radius 3 is 2.53 bits per heavy atom. The number of halogens is 1. The van der Waals surface area contributed by atoms with Crippen molar-refractivity contribution in [2.24, 2.45) is 0 Å². The SMILES string of the molecule is Cc1cccc(Oc2nnc(Cl)c3ccccc23)c1. The fraction of sp³-hybridized carbons (Fsp3) is 0.0667. The Bertz CT molecular complexity index is 743. The van der Waals surface area contributed by atoms with Gasteiger partial charge in [0, 0.05) is 10.8 Å². The zero-order chi connectivity index (χ0) is 13.2. The first-order chi connectivity index (χ1) is 9.24. The highest BCUT2D eigenvalue weighted by Gasteiger charge is 2.09. The van der Waals surface area contributed by atoms with Gasteiger partial charge < -0.3 is 4.74 Å². The Morgan fingerprint density at radius 2 is 1.74 bits per heavy atom. The van der Waals surface area contributed by atoms with Crippen LogP contribution in [-0.2, 0) is 0 Å². The van der Waals surface area contributed by atoms with Crippen LogP contribution in [0.4, 0.5) is 0 Å². The van der Waals surface area contributed by atoms with Crippen LogP contribution in [0.15, 0.2) is 48.5 Å². The minimum Gasteiger partial charge on any atom is -0.437 e. The first-order valence-electron chi connectivity index (χ1n) is 5.89. The molecule has 94 valence electrons. The van der Waals surface area contributed by atoms with E-state index in [-0.39, 0.29) is 0 Å². The van der Waals surface area contributed by atoms with Crippen molar-refractivity contribution in [3.63, 3.8) is 0 Å². The van der Waals surface area contributed by atoms with Crippen LogP contribution >= 0.6 is 11.6 Å². The molecule has 4 heteroatoms. The molecule has 2 aromatic carbocycles. The molecule has 0 aliphatic carbocycles. The van der Waals surface area contributed by atoms with Gasteiger partial charge in [-0.05, 0) is 30.7 Å². The second-order valence-electron chi connectivity index (χ2n) is 4.26. The number of rotatable bonds is 2. The number of benzene rings is 2. The van der Waals surface area contributed by atoms with E-state index in [1.54, 1.807) is 0 Å². The van der Waals surface area contributed by atoms with Crippen molar-refractivity contribution in [3.05, 3.63) is 59.2 Å². The molecule has 0 aliphatic heterocycles. The zero-order valence-corrected chi connectivity index (χ0v) is 11.1. The summed E-state index contributed by atoms with van der Waals surface area (Å²) in [6.07, 6.45) is 0. The third-order valence-electron chi connectivity index (χ3n) is 2.81. The molecule has 0 saturated heterocycles. The van der Waals surface area contributed by atoms with Gasteiger partial charge >= 0.3 is 0 Å². The minimum absolute atomic E-state index is 0.382. The lowest BCUT2D eigenvalue weighted by molar-refractivity contribution is 0.461. The van der Waals surface area contributed by atoms with Gasteiger partial charge in [0.1, 0.15) is 5.75 Å². The number of hydrogen-bond donors (Lipinski definition) is 0. The maximum atomic E-state index is 6.03. The molecule has 0 atom stereocenters. The number of aromatic nitrogens is 2. The highest BCUT2D eigenvalue weighted by atomic mass is 35.5. The lowest BCUT2D eigenvalue weighted by Gasteiger charge is -2.08. The summed E-state index contributed by atoms with van der Waals surface area (Å²) in [5, 5.41) is 10.0. The molecule has 0 fully saturated rings. The fourth-order valence-electron chi connectivity index (χ4n) is 1.91. The van der Waals surface area contributed by atoms with E-state index in [2.05, 4.69) is 10.2 Å². The van der Waals surface area contributed by atoms with Crippen LogP contribution < -0.4 is 4.74 Å².